The molecule has 6 nitrogen and oxygen atoms in total. The van der Waals surface area contributed by atoms with Crippen LogP contribution < -0.4 is 5.32 Å². The zero-order valence-electron chi connectivity index (χ0n) is 42.8. The van der Waals surface area contributed by atoms with Crippen molar-refractivity contribution in [2.45, 2.75) is 309 Å². The van der Waals surface area contributed by atoms with E-state index in [1.165, 1.54) is 180 Å². The Morgan fingerprint density at radius 2 is 0.781 bits per heavy atom. The Morgan fingerprint density at radius 1 is 0.438 bits per heavy atom. The first-order valence-electron chi connectivity index (χ1n) is 28.2. The third-order valence-corrected chi connectivity index (χ3v) is 12.9. The lowest BCUT2D eigenvalue weighted by atomic mass is 10.0. The first kappa shape index (κ1) is 62.1. The van der Waals surface area contributed by atoms with Gasteiger partial charge in [-0.3, -0.25) is 9.59 Å². The number of carbonyl (C=O) groups excluding carboxylic acids is 2. The van der Waals surface area contributed by atoms with E-state index in [9.17, 15) is 19.8 Å². The SMILES string of the molecule is CCCCCC/C=C\CCCCCCCC(=O)OCCCCC/C=C\C/C=C\CCCCCCCCCC(=O)NC(CO)C(O)CCCCCCCCCCCCCCCCCCC. The second-order valence-corrected chi connectivity index (χ2v) is 19.3. The molecule has 0 aromatic carbocycles. The monoisotopic (exact) mass is 900 g/mol. The molecule has 0 heterocycles. The van der Waals surface area contributed by atoms with Gasteiger partial charge in [-0.15, -0.1) is 0 Å². The largest absolute Gasteiger partial charge is 0.466 e. The number of hydrogen-bond acceptors (Lipinski definition) is 5. The lowest BCUT2D eigenvalue weighted by Gasteiger charge is -2.22. The van der Waals surface area contributed by atoms with E-state index in [-0.39, 0.29) is 18.5 Å². The van der Waals surface area contributed by atoms with Gasteiger partial charge in [0.2, 0.25) is 5.91 Å². The van der Waals surface area contributed by atoms with Crippen molar-refractivity contribution < 1.29 is 24.5 Å². The molecular formula is C58H109NO5. The summed E-state index contributed by atoms with van der Waals surface area (Å²) in [6.45, 7) is 4.89. The molecule has 0 saturated carbocycles. The number of carbonyl (C=O) groups is 2. The Balaban J connectivity index is 3.51. The van der Waals surface area contributed by atoms with Gasteiger partial charge >= 0.3 is 5.97 Å². The highest BCUT2D eigenvalue weighted by atomic mass is 16.5. The van der Waals surface area contributed by atoms with E-state index in [1.807, 2.05) is 0 Å². The predicted octanol–water partition coefficient (Wildman–Crippen LogP) is 17.2. The van der Waals surface area contributed by atoms with Gasteiger partial charge in [0.1, 0.15) is 0 Å². The van der Waals surface area contributed by atoms with E-state index in [2.05, 4.69) is 55.6 Å². The first-order chi connectivity index (χ1) is 31.5. The van der Waals surface area contributed by atoms with Crippen LogP contribution in [0.15, 0.2) is 36.5 Å². The number of amides is 1. The number of allylic oxidation sites excluding steroid dienone is 6. The molecule has 0 aliphatic heterocycles. The molecule has 0 aromatic rings. The van der Waals surface area contributed by atoms with Crippen LogP contribution in [0.3, 0.4) is 0 Å². The second kappa shape index (κ2) is 53.7. The van der Waals surface area contributed by atoms with Crippen molar-refractivity contribution in [3.05, 3.63) is 36.5 Å². The molecule has 2 unspecified atom stereocenters. The first-order valence-corrected chi connectivity index (χ1v) is 28.2. The average molecular weight is 901 g/mol. The molecule has 376 valence electrons. The molecule has 0 aliphatic rings. The summed E-state index contributed by atoms with van der Waals surface area (Å²) < 4.78 is 5.44. The van der Waals surface area contributed by atoms with Gasteiger partial charge in [-0.2, -0.15) is 0 Å². The van der Waals surface area contributed by atoms with Crippen LogP contribution in [0.4, 0.5) is 0 Å². The van der Waals surface area contributed by atoms with Crippen LogP contribution in [-0.2, 0) is 14.3 Å². The topological polar surface area (TPSA) is 95.9 Å². The molecule has 3 N–H and O–H groups in total. The molecule has 0 aliphatic carbocycles. The lowest BCUT2D eigenvalue weighted by molar-refractivity contribution is -0.143. The molecule has 0 fully saturated rings. The van der Waals surface area contributed by atoms with E-state index in [0.717, 1.165) is 83.5 Å². The van der Waals surface area contributed by atoms with Crippen LogP contribution >= 0.6 is 0 Å². The second-order valence-electron chi connectivity index (χ2n) is 19.3. The molecule has 0 saturated heterocycles. The minimum absolute atomic E-state index is 0.0248. The molecule has 0 aromatic heterocycles. The smallest absolute Gasteiger partial charge is 0.305 e. The fraction of sp³-hybridized carbons (Fsp3) is 0.862. The zero-order chi connectivity index (χ0) is 46.5. The maximum atomic E-state index is 12.5. The molecular weight excluding hydrogens is 791 g/mol. The van der Waals surface area contributed by atoms with Crippen LogP contribution in [0, 0.1) is 0 Å². The highest BCUT2D eigenvalue weighted by Gasteiger charge is 2.20. The van der Waals surface area contributed by atoms with Gasteiger partial charge in [-0.25, -0.2) is 0 Å². The fourth-order valence-corrected chi connectivity index (χ4v) is 8.55. The minimum Gasteiger partial charge on any atom is -0.466 e. The number of nitrogens with one attached hydrogen (secondary N) is 1. The maximum absolute atomic E-state index is 12.5. The van der Waals surface area contributed by atoms with Crippen molar-refractivity contribution >= 4 is 11.9 Å². The Labute approximate surface area is 398 Å². The molecule has 64 heavy (non-hydrogen) atoms. The number of hydrogen-bond donors (Lipinski definition) is 3. The highest BCUT2D eigenvalue weighted by Crippen LogP contribution is 2.16. The Bertz CT molecular complexity index is 1040. The van der Waals surface area contributed by atoms with Crippen molar-refractivity contribution in [2.24, 2.45) is 0 Å². The number of rotatable bonds is 52. The maximum Gasteiger partial charge on any atom is 0.305 e. The number of ether oxygens (including phenoxy) is 1. The van der Waals surface area contributed by atoms with Gasteiger partial charge in [0.25, 0.3) is 0 Å². The molecule has 1 amide bonds. The van der Waals surface area contributed by atoms with E-state index >= 15 is 0 Å². The number of aliphatic hydroxyl groups excluding tert-OH is 2. The standard InChI is InChI=1S/C58H109NO5/c1-3-5-7-9-11-13-15-17-18-20-23-27-30-34-38-42-46-50-56(61)55(54-60)59-57(62)51-47-43-39-35-31-28-24-21-19-22-25-29-33-37-41-45-49-53-64-58(63)52-48-44-40-36-32-26-16-14-12-10-8-6-4-2/h14,16,19,22,29,33,55-56,60-61H,3-13,15,17-18,20-21,23-28,30-32,34-54H2,1-2H3,(H,59,62)/b16-14-,22-19-,33-29-. The Morgan fingerprint density at radius 3 is 1.22 bits per heavy atom. The highest BCUT2D eigenvalue weighted by molar-refractivity contribution is 5.76. The third-order valence-electron chi connectivity index (χ3n) is 12.9. The van der Waals surface area contributed by atoms with Crippen molar-refractivity contribution in [2.75, 3.05) is 13.2 Å². The summed E-state index contributed by atoms with van der Waals surface area (Å²) >= 11 is 0. The van der Waals surface area contributed by atoms with E-state index in [0.29, 0.717) is 25.9 Å². The van der Waals surface area contributed by atoms with Crippen LogP contribution in [0.5, 0.6) is 0 Å². The number of unbranched alkanes of at least 4 members (excludes halogenated alkanes) is 35. The van der Waals surface area contributed by atoms with Gasteiger partial charge in [0.05, 0.1) is 25.4 Å². The van der Waals surface area contributed by atoms with E-state index < -0.39 is 12.1 Å². The predicted molar refractivity (Wildman–Crippen MR) is 278 cm³/mol. The third kappa shape index (κ3) is 49.5. The summed E-state index contributed by atoms with van der Waals surface area (Å²) in [6, 6.07) is -0.554. The average Bonchev–Trinajstić information content (AvgIpc) is 3.29. The molecule has 0 bridgehead atoms. The normalized spacial score (nSPS) is 12.9. The number of esters is 1. The van der Waals surface area contributed by atoms with Gasteiger partial charge in [-0.05, 0) is 89.9 Å². The summed E-state index contributed by atoms with van der Waals surface area (Å²) in [7, 11) is 0. The van der Waals surface area contributed by atoms with Crippen LogP contribution in [-0.4, -0.2) is 47.4 Å². The molecule has 2 atom stereocenters. The van der Waals surface area contributed by atoms with E-state index in [1.54, 1.807) is 0 Å². The van der Waals surface area contributed by atoms with Gasteiger partial charge in [0.15, 0.2) is 0 Å². The summed E-state index contributed by atoms with van der Waals surface area (Å²) in [6.07, 6.45) is 65.5. The van der Waals surface area contributed by atoms with Gasteiger partial charge in [0, 0.05) is 12.8 Å². The van der Waals surface area contributed by atoms with Gasteiger partial charge in [-0.1, -0.05) is 230 Å². The quantitative estimate of drug-likeness (QED) is 0.0321. The van der Waals surface area contributed by atoms with Crippen LogP contribution in [0.2, 0.25) is 0 Å². The van der Waals surface area contributed by atoms with E-state index in [4.69, 9.17) is 4.74 Å². The molecule has 0 spiro atoms. The molecule has 6 heteroatoms. The summed E-state index contributed by atoms with van der Waals surface area (Å²) in [4.78, 5) is 24.5. The van der Waals surface area contributed by atoms with Crippen LogP contribution in [0.1, 0.15) is 296 Å². The lowest BCUT2D eigenvalue weighted by Crippen LogP contribution is -2.45. The minimum atomic E-state index is -0.675. The van der Waals surface area contributed by atoms with Crippen molar-refractivity contribution in [1.29, 1.82) is 0 Å². The Kier molecular flexibility index (Phi) is 52.1. The van der Waals surface area contributed by atoms with Crippen LogP contribution in [0.25, 0.3) is 0 Å². The van der Waals surface area contributed by atoms with Crippen molar-refractivity contribution in [3.63, 3.8) is 0 Å². The molecule has 0 rings (SSSR count). The van der Waals surface area contributed by atoms with Gasteiger partial charge < -0.3 is 20.3 Å². The molecule has 0 radical (unpaired) electrons. The van der Waals surface area contributed by atoms with Crippen molar-refractivity contribution in [3.8, 4) is 0 Å². The number of aliphatic hydroxyl groups is 2. The summed E-state index contributed by atoms with van der Waals surface area (Å²) in [5.74, 6) is -0.0751. The Hall–Kier alpha value is -1.92. The van der Waals surface area contributed by atoms with Crippen molar-refractivity contribution in [1.82, 2.24) is 5.32 Å². The zero-order valence-corrected chi connectivity index (χ0v) is 42.8. The summed E-state index contributed by atoms with van der Waals surface area (Å²) in [5, 5.41) is 23.3. The summed E-state index contributed by atoms with van der Waals surface area (Å²) in [5.41, 5.74) is 0. The fourth-order valence-electron chi connectivity index (χ4n) is 8.55.